The first-order chi connectivity index (χ1) is 7.46. The summed E-state index contributed by atoms with van der Waals surface area (Å²) in [4.78, 5) is 2.06. The Morgan fingerprint density at radius 2 is 1.94 bits per heavy atom. The average Bonchev–Trinajstić information content (AvgIpc) is 2.25. The predicted molar refractivity (Wildman–Crippen MR) is 65.0 cm³/mol. The summed E-state index contributed by atoms with van der Waals surface area (Å²) < 4.78 is 11.0. The lowest BCUT2D eigenvalue weighted by Gasteiger charge is -2.38. The highest BCUT2D eigenvalue weighted by Gasteiger charge is 2.32. The Hall–Kier alpha value is -0.610. The molecule has 1 saturated heterocycles. The Labute approximate surface area is 98.4 Å². The van der Waals surface area contributed by atoms with Crippen LogP contribution >= 0.6 is 0 Å². The SMILES string of the molecule is CCOC(C(=N)N1CCOCC1)C(C)(C)C. The summed E-state index contributed by atoms with van der Waals surface area (Å²) in [5.41, 5.74) is -0.0363. The number of amidine groups is 1. The van der Waals surface area contributed by atoms with E-state index in [0.717, 1.165) is 13.1 Å². The summed E-state index contributed by atoms with van der Waals surface area (Å²) >= 11 is 0. The minimum absolute atomic E-state index is 0.0363. The summed E-state index contributed by atoms with van der Waals surface area (Å²) in [5, 5.41) is 8.24. The minimum atomic E-state index is -0.129. The van der Waals surface area contributed by atoms with Gasteiger partial charge in [-0.15, -0.1) is 0 Å². The van der Waals surface area contributed by atoms with E-state index < -0.39 is 0 Å². The van der Waals surface area contributed by atoms with E-state index in [4.69, 9.17) is 14.9 Å². The molecule has 0 amide bonds. The van der Waals surface area contributed by atoms with Crippen LogP contribution in [0, 0.1) is 10.8 Å². The van der Waals surface area contributed by atoms with Gasteiger partial charge in [0.1, 0.15) is 11.9 Å². The van der Waals surface area contributed by atoms with Gasteiger partial charge < -0.3 is 14.4 Å². The minimum Gasteiger partial charge on any atom is -0.378 e. The number of nitrogens with zero attached hydrogens (tertiary/aromatic N) is 1. The molecule has 16 heavy (non-hydrogen) atoms. The highest BCUT2D eigenvalue weighted by Crippen LogP contribution is 2.24. The van der Waals surface area contributed by atoms with Crippen molar-refractivity contribution in [3.05, 3.63) is 0 Å². The first-order valence-corrected chi connectivity index (χ1v) is 5.99. The quantitative estimate of drug-likeness (QED) is 0.591. The fourth-order valence-corrected chi connectivity index (χ4v) is 1.88. The third kappa shape index (κ3) is 3.46. The smallest absolute Gasteiger partial charge is 0.126 e. The fraction of sp³-hybridized carbons (Fsp3) is 0.917. The van der Waals surface area contributed by atoms with Crippen molar-refractivity contribution in [2.75, 3.05) is 32.9 Å². The Morgan fingerprint density at radius 3 is 2.38 bits per heavy atom. The van der Waals surface area contributed by atoms with Crippen LogP contribution in [0.1, 0.15) is 27.7 Å². The Bertz CT molecular complexity index is 230. The van der Waals surface area contributed by atoms with Gasteiger partial charge >= 0.3 is 0 Å². The molecule has 0 aromatic heterocycles. The molecular weight excluding hydrogens is 204 g/mol. The van der Waals surface area contributed by atoms with E-state index in [2.05, 4.69) is 25.7 Å². The van der Waals surface area contributed by atoms with E-state index in [-0.39, 0.29) is 11.5 Å². The van der Waals surface area contributed by atoms with Crippen LogP contribution in [-0.4, -0.2) is 49.7 Å². The topological polar surface area (TPSA) is 45.5 Å². The molecule has 1 unspecified atom stereocenters. The van der Waals surface area contributed by atoms with Crippen LogP contribution in [0.2, 0.25) is 0 Å². The fourth-order valence-electron chi connectivity index (χ4n) is 1.88. The van der Waals surface area contributed by atoms with Crippen LogP contribution in [-0.2, 0) is 9.47 Å². The third-order valence-corrected chi connectivity index (χ3v) is 2.72. The van der Waals surface area contributed by atoms with Crippen LogP contribution < -0.4 is 0 Å². The average molecular weight is 228 g/mol. The predicted octanol–water partition coefficient (Wildman–Crippen LogP) is 1.75. The summed E-state index contributed by atoms with van der Waals surface area (Å²) in [6.45, 7) is 12.0. The van der Waals surface area contributed by atoms with Crippen LogP contribution in [0.3, 0.4) is 0 Å². The highest BCUT2D eigenvalue weighted by atomic mass is 16.5. The van der Waals surface area contributed by atoms with Crippen molar-refractivity contribution in [1.82, 2.24) is 4.90 Å². The molecule has 1 N–H and O–H groups in total. The first kappa shape index (κ1) is 13.5. The van der Waals surface area contributed by atoms with Crippen molar-refractivity contribution in [2.45, 2.75) is 33.8 Å². The van der Waals surface area contributed by atoms with Gasteiger partial charge in [-0.1, -0.05) is 20.8 Å². The van der Waals surface area contributed by atoms with E-state index in [0.29, 0.717) is 25.7 Å². The number of ether oxygens (including phenoxy) is 2. The molecule has 0 aromatic rings. The normalized spacial score (nSPS) is 19.6. The molecule has 0 spiro atoms. The molecule has 1 aliphatic rings. The van der Waals surface area contributed by atoms with Gasteiger partial charge in [0.25, 0.3) is 0 Å². The van der Waals surface area contributed by atoms with Crippen LogP contribution in [0.4, 0.5) is 0 Å². The molecule has 0 bridgehead atoms. The summed E-state index contributed by atoms with van der Waals surface area (Å²) in [6.07, 6.45) is -0.129. The Kier molecular flexibility index (Phi) is 4.74. The van der Waals surface area contributed by atoms with E-state index in [1.165, 1.54) is 0 Å². The molecular formula is C12H24N2O2. The van der Waals surface area contributed by atoms with Crippen molar-refractivity contribution >= 4 is 5.84 Å². The largest absolute Gasteiger partial charge is 0.378 e. The second-order valence-electron chi connectivity index (χ2n) is 5.19. The zero-order valence-corrected chi connectivity index (χ0v) is 10.9. The lowest BCUT2D eigenvalue weighted by atomic mass is 9.87. The number of nitrogens with one attached hydrogen (secondary N) is 1. The molecule has 0 aromatic carbocycles. The van der Waals surface area contributed by atoms with Crippen molar-refractivity contribution in [2.24, 2.45) is 5.41 Å². The van der Waals surface area contributed by atoms with Gasteiger partial charge in [0.15, 0.2) is 0 Å². The molecule has 4 heteroatoms. The zero-order chi connectivity index (χ0) is 12.2. The summed E-state index contributed by atoms with van der Waals surface area (Å²) in [7, 11) is 0. The number of hydrogen-bond donors (Lipinski definition) is 1. The molecule has 1 aliphatic heterocycles. The van der Waals surface area contributed by atoms with Gasteiger partial charge in [-0.05, 0) is 12.3 Å². The monoisotopic (exact) mass is 228 g/mol. The van der Waals surface area contributed by atoms with Gasteiger partial charge in [0.2, 0.25) is 0 Å². The first-order valence-electron chi connectivity index (χ1n) is 5.99. The van der Waals surface area contributed by atoms with Crippen molar-refractivity contribution in [3.8, 4) is 0 Å². The van der Waals surface area contributed by atoms with Gasteiger partial charge in [-0.25, -0.2) is 0 Å². The molecule has 0 aliphatic carbocycles. The van der Waals surface area contributed by atoms with Crippen LogP contribution in [0.15, 0.2) is 0 Å². The molecule has 0 radical (unpaired) electrons. The lowest BCUT2D eigenvalue weighted by Crippen LogP contribution is -2.50. The van der Waals surface area contributed by atoms with Crippen molar-refractivity contribution in [3.63, 3.8) is 0 Å². The van der Waals surface area contributed by atoms with E-state index in [1.807, 2.05) is 6.92 Å². The maximum atomic E-state index is 8.24. The summed E-state index contributed by atoms with van der Waals surface area (Å²) in [5.74, 6) is 0.595. The highest BCUT2D eigenvalue weighted by molar-refractivity contribution is 5.84. The second kappa shape index (κ2) is 5.64. The Balaban J connectivity index is 2.66. The molecule has 1 heterocycles. The molecule has 94 valence electrons. The second-order valence-corrected chi connectivity index (χ2v) is 5.19. The van der Waals surface area contributed by atoms with Gasteiger partial charge in [0, 0.05) is 19.7 Å². The number of rotatable bonds is 3. The number of hydrogen-bond acceptors (Lipinski definition) is 3. The molecule has 1 fully saturated rings. The van der Waals surface area contributed by atoms with Gasteiger partial charge in [-0.2, -0.15) is 0 Å². The van der Waals surface area contributed by atoms with E-state index in [9.17, 15) is 0 Å². The Morgan fingerprint density at radius 1 is 1.38 bits per heavy atom. The molecule has 0 saturated carbocycles. The maximum absolute atomic E-state index is 8.24. The summed E-state index contributed by atoms with van der Waals surface area (Å²) in [6, 6.07) is 0. The number of morpholine rings is 1. The maximum Gasteiger partial charge on any atom is 0.126 e. The molecule has 1 rings (SSSR count). The molecule has 4 nitrogen and oxygen atoms in total. The third-order valence-electron chi connectivity index (χ3n) is 2.72. The standard InChI is InChI=1S/C12H24N2O2/c1-5-16-10(12(2,3)4)11(13)14-6-8-15-9-7-14/h10,13H,5-9H2,1-4H3. The van der Waals surface area contributed by atoms with Gasteiger partial charge in [0.05, 0.1) is 13.2 Å². The van der Waals surface area contributed by atoms with E-state index in [1.54, 1.807) is 0 Å². The lowest BCUT2D eigenvalue weighted by molar-refractivity contribution is 0.0148. The van der Waals surface area contributed by atoms with Gasteiger partial charge in [-0.3, -0.25) is 5.41 Å². The van der Waals surface area contributed by atoms with Crippen LogP contribution in [0.5, 0.6) is 0 Å². The van der Waals surface area contributed by atoms with Crippen molar-refractivity contribution < 1.29 is 9.47 Å². The molecule has 1 atom stereocenters. The van der Waals surface area contributed by atoms with E-state index >= 15 is 0 Å². The van der Waals surface area contributed by atoms with Crippen LogP contribution in [0.25, 0.3) is 0 Å². The zero-order valence-electron chi connectivity index (χ0n) is 10.9. The van der Waals surface area contributed by atoms with Crippen molar-refractivity contribution in [1.29, 1.82) is 5.41 Å².